The van der Waals surface area contributed by atoms with Gasteiger partial charge in [-0.05, 0) is 17.7 Å². The summed E-state index contributed by atoms with van der Waals surface area (Å²) in [6.07, 6.45) is 0.142. The maximum atomic E-state index is 11.5. The molecule has 0 aliphatic heterocycles. The zero-order chi connectivity index (χ0) is 17.0. The fraction of sp³-hybridized carbons (Fsp3) is 0.200. The van der Waals surface area contributed by atoms with Crippen LogP contribution >= 0.6 is 0 Å². The summed E-state index contributed by atoms with van der Waals surface area (Å²) < 4.78 is 23.0. The fourth-order valence-electron chi connectivity index (χ4n) is 2.04. The number of aliphatic hydroxyl groups is 1. The molecule has 2 aromatic carbocycles. The van der Waals surface area contributed by atoms with E-state index in [-0.39, 0.29) is 22.8 Å². The van der Waals surface area contributed by atoms with Gasteiger partial charge in [-0.3, -0.25) is 10.1 Å². The normalized spacial score (nSPS) is 12.6. The molecule has 0 aromatic heterocycles. The van der Waals surface area contributed by atoms with Gasteiger partial charge >= 0.3 is 0 Å². The molecule has 0 saturated heterocycles. The van der Waals surface area contributed by atoms with E-state index in [1.54, 1.807) is 24.3 Å². The molecule has 23 heavy (non-hydrogen) atoms. The van der Waals surface area contributed by atoms with Gasteiger partial charge in [-0.1, -0.05) is 30.3 Å². The van der Waals surface area contributed by atoms with Crippen LogP contribution < -0.4 is 5.32 Å². The molecule has 0 saturated carbocycles. The Hall–Kier alpha value is -2.45. The van der Waals surface area contributed by atoms with Crippen LogP contribution in [0.2, 0.25) is 0 Å². The minimum atomic E-state index is -3.53. The van der Waals surface area contributed by atoms with Gasteiger partial charge in [-0.25, -0.2) is 8.42 Å². The summed E-state index contributed by atoms with van der Waals surface area (Å²) in [6, 6.07) is 12.5. The maximum absolute atomic E-state index is 11.5. The molecule has 0 aliphatic carbocycles. The van der Waals surface area contributed by atoms with Crippen molar-refractivity contribution in [1.29, 1.82) is 0 Å². The van der Waals surface area contributed by atoms with Crippen LogP contribution in [-0.2, 0) is 9.84 Å². The molecule has 0 heterocycles. The van der Waals surface area contributed by atoms with Gasteiger partial charge in [0, 0.05) is 18.9 Å². The third-order valence-corrected chi connectivity index (χ3v) is 4.37. The number of nitrogens with zero attached hydrogens (tertiary/aromatic N) is 1. The number of hydrogen-bond donors (Lipinski definition) is 2. The first kappa shape index (κ1) is 16.9. The topological polar surface area (TPSA) is 110 Å². The zero-order valence-electron chi connectivity index (χ0n) is 12.3. The number of rotatable bonds is 6. The van der Waals surface area contributed by atoms with E-state index in [1.165, 1.54) is 12.1 Å². The largest absolute Gasteiger partial charge is 0.387 e. The monoisotopic (exact) mass is 336 g/mol. The Morgan fingerprint density at radius 3 is 2.43 bits per heavy atom. The number of aliphatic hydroxyl groups excluding tert-OH is 1. The highest BCUT2D eigenvalue weighted by Crippen LogP contribution is 2.28. The van der Waals surface area contributed by atoms with Crippen LogP contribution in [-0.4, -0.2) is 31.2 Å². The summed E-state index contributed by atoms with van der Waals surface area (Å²) in [5, 5.41) is 24.0. The molecule has 0 amide bonds. The van der Waals surface area contributed by atoms with Crippen molar-refractivity contribution < 1.29 is 18.4 Å². The van der Waals surface area contributed by atoms with Crippen molar-refractivity contribution in [3.8, 4) is 0 Å². The number of nitro groups is 1. The van der Waals surface area contributed by atoms with Crippen molar-refractivity contribution in [2.45, 2.75) is 11.0 Å². The third kappa shape index (κ3) is 4.27. The molecule has 0 aliphatic rings. The standard InChI is InChI=1S/C15H16N2O5S/c1-23(21,22)12-7-8-13(14(9-12)17(19)20)16-10-15(18)11-5-3-2-4-6-11/h2-9,15-16,18H,10H2,1H3/t15-/m0/s1. The number of sulfone groups is 1. The van der Waals surface area contributed by atoms with E-state index in [2.05, 4.69) is 5.32 Å². The summed E-state index contributed by atoms with van der Waals surface area (Å²) in [5.74, 6) is 0. The molecule has 7 nitrogen and oxygen atoms in total. The van der Waals surface area contributed by atoms with Crippen molar-refractivity contribution in [2.24, 2.45) is 0 Å². The van der Waals surface area contributed by atoms with E-state index in [0.717, 1.165) is 12.3 Å². The van der Waals surface area contributed by atoms with E-state index >= 15 is 0 Å². The van der Waals surface area contributed by atoms with Gasteiger partial charge < -0.3 is 10.4 Å². The molecule has 0 bridgehead atoms. The van der Waals surface area contributed by atoms with Crippen molar-refractivity contribution in [3.05, 3.63) is 64.2 Å². The second kappa shape index (κ2) is 6.76. The lowest BCUT2D eigenvalue weighted by Gasteiger charge is -2.13. The molecule has 1 atom stereocenters. The first-order valence-electron chi connectivity index (χ1n) is 6.74. The SMILES string of the molecule is CS(=O)(=O)c1ccc(NC[C@H](O)c2ccccc2)c([N+](=O)[O-])c1. The van der Waals surface area contributed by atoms with Crippen molar-refractivity contribution >= 4 is 21.2 Å². The Morgan fingerprint density at radius 1 is 1.22 bits per heavy atom. The molecule has 122 valence electrons. The summed E-state index contributed by atoms with van der Waals surface area (Å²) in [7, 11) is -3.53. The minimum absolute atomic E-state index is 0.0586. The average molecular weight is 336 g/mol. The Morgan fingerprint density at radius 2 is 1.87 bits per heavy atom. The molecule has 0 unspecified atom stereocenters. The fourth-order valence-corrected chi connectivity index (χ4v) is 2.68. The highest BCUT2D eigenvalue weighted by molar-refractivity contribution is 7.90. The van der Waals surface area contributed by atoms with Gasteiger partial charge in [0.25, 0.3) is 5.69 Å². The Bertz CT molecular complexity index is 806. The Kier molecular flexibility index (Phi) is 4.97. The Balaban J connectivity index is 2.21. The van der Waals surface area contributed by atoms with Crippen LogP contribution in [0.25, 0.3) is 0 Å². The molecule has 2 N–H and O–H groups in total. The van der Waals surface area contributed by atoms with Crippen molar-refractivity contribution in [2.75, 3.05) is 18.1 Å². The summed E-state index contributed by atoms with van der Waals surface area (Å²) >= 11 is 0. The van der Waals surface area contributed by atoms with Gasteiger partial charge in [0.2, 0.25) is 0 Å². The lowest BCUT2D eigenvalue weighted by molar-refractivity contribution is -0.384. The molecule has 2 rings (SSSR count). The van der Waals surface area contributed by atoms with Crippen molar-refractivity contribution in [3.63, 3.8) is 0 Å². The first-order chi connectivity index (χ1) is 10.8. The second-order valence-electron chi connectivity index (χ2n) is 5.02. The van der Waals surface area contributed by atoms with Gasteiger partial charge in [0.1, 0.15) is 5.69 Å². The van der Waals surface area contributed by atoms with Gasteiger partial charge in [0.05, 0.1) is 15.9 Å². The second-order valence-corrected chi connectivity index (χ2v) is 7.03. The number of nitro benzene ring substituents is 1. The first-order valence-corrected chi connectivity index (χ1v) is 8.63. The lowest BCUT2D eigenvalue weighted by atomic mass is 10.1. The highest BCUT2D eigenvalue weighted by atomic mass is 32.2. The minimum Gasteiger partial charge on any atom is -0.387 e. The highest BCUT2D eigenvalue weighted by Gasteiger charge is 2.19. The van der Waals surface area contributed by atoms with Crippen LogP contribution in [0.3, 0.4) is 0 Å². The molecule has 8 heteroatoms. The van der Waals surface area contributed by atoms with Crippen LogP contribution in [0.1, 0.15) is 11.7 Å². The van der Waals surface area contributed by atoms with Crippen LogP contribution in [0, 0.1) is 10.1 Å². The van der Waals surface area contributed by atoms with E-state index < -0.39 is 20.9 Å². The maximum Gasteiger partial charge on any atom is 0.293 e. The van der Waals surface area contributed by atoms with Crippen molar-refractivity contribution in [1.82, 2.24) is 0 Å². The Labute approximate surface area is 133 Å². The van der Waals surface area contributed by atoms with Gasteiger partial charge in [0.15, 0.2) is 9.84 Å². The van der Waals surface area contributed by atoms with E-state index in [4.69, 9.17) is 0 Å². The molecule has 0 fully saturated rings. The molecular weight excluding hydrogens is 320 g/mol. The summed E-state index contributed by atoms with van der Waals surface area (Å²) in [6.45, 7) is 0.0586. The van der Waals surface area contributed by atoms with Crippen LogP contribution in [0.4, 0.5) is 11.4 Å². The molecule has 0 radical (unpaired) electrons. The van der Waals surface area contributed by atoms with E-state index in [1.807, 2.05) is 6.07 Å². The number of anilines is 1. The number of benzene rings is 2. The molecular formula is C15H16N2O5S. The quantitative estimate of drug-likeness (QED) is 0.618. The smallest absolute Gasteiger partial charge is 0.293 e. The van der Waals surface area contributed by atoms with Gasteiger partial charge in [-0.15, -0.1) is 0 Å². The van der Waals surface area contributed by atoms with Crippen LogP contribution in [0.15, 0.2) is 53.4 Å². The molecule has 2 aromatic rings. The molecule has 0 spiro atoms. The van der Waals surface area contributed by atoms with Gasteiger partial charge in [-0.2, -0.15) is 0 Å². The number of nitrogens with one attached hydrogen (secondary N) is 1. The predicted octanol–water partition coefficient (Wildman–Crippen LogP) is 2.14. The number of hydrogen-bond acceptors (Lipinski definition) is 6. The van der Waals surface area contributed by atoms with E-state index in [0.29, 0.717) is 5.56 Å². The van der Waals surface area contributed by atoms with Crippen LogP contribution in [0.5, 0.6) is 0 Å². The van der Waals surface area contributed by atoms with E-state index in [9.17, 15) is 23.6 Å². The lowest BCUT2D eigenvalue weighted by Crippen LogP contribution is -2.13. The predicted molar refractivity (Wildman–Crippen MR) is 86.1 cm³/mol. The third-order valence-electron chi connectivity index (χ3n) is 3.26. The zero-order valence-corrected chi connectivity index (χ0v) is 13.2. The average Bonchev–Trinajstić information content (AvgIpc) is 2.52. The summed E-state index contributed by atoms with van der Waals surface area (Å²) in [4.78, 5) is 10.3. The summed E-state index contributed by atoms with van der Waals surface area (Å²) in [5.41, 5.74) is 0.473.